The minimum absolute atomic E-state index is 0.0194. The maximum absolute atomic E-state index is 11.9. The fourth-order valence-corrected chi connectivity index (χ4v) is 7.12. The number of hydrogen-bond acceptors (Lipinski definition) is 3. The standard InChI is InChI=1S/C46H52N4O/c1-43(2,3)30-20-21-47-39(27-30)50-37-18-14-13-17-36(37)49-38-19-15-16-33(40(38)48-42(49)50)28-22-29(24-31(23-28)44(4,5)6)34-25-32(45(7,8)9)26-35(41(34)51)46(10,11)12/h13-27,51H,1-12H3. The number of aromatic hydroxyl groups is 1. The molecule has 3 heterocycles. The number of aromatic nitrogens is 4. The topological polar surface area (TPSA) is 55.4 Å². The molecule has 0 fully saturated rings. The third-order valence-corrected chi connectivity index (χ3v) is 10.3. The molecule has 4 aromatic carbocycles. The van der Waals surface area contributed by atoms with Crippen molar-refractivity contribution in [2.24, 2.45) is 0 Å². The summed E-state index contributed by atoms with van der Waals surface area (Å²) in [5.74, 6) is 2.03. The molecule has 0 radical (unpaired) electrons. The van der Waals surface area contributed by atoms with E-state index < -0.39 is 0 Å². The first-order valence-electron chi connectivity index (χ1n) is 18.2. The van der Waals surface area contributed by atoms with Crippen LogP contribution in [0.2, 0.25) is 0 Å². The Morgan fingerprint density at radius 1 is 0.529 bits per heavy atom. The third-order valence-electron chi connectivity index (χ3n) is 10.3. The van der Waals surface area contributed by atoms with Crippen LogP contribution in [0.25, 0.3) is 55.9 Å². The molecule has 1 N–H and O–H groups in total. The highest BCUT2D eigenvalue weighted by atomic mass is 16.3. The molecule has 7 aromatic rings. The van der Waals surface area contributed by atoms with E-state index in [9.17, 15) is 5.11 Å². The summed E-state index contributed by atoms with van der Waals surface area (Å²) in [5, 5.41) is 11.9. The van der Waals surface area contributed by atoms with Crippen LogP contribution in [0.15, 0.2) is 91.1 Å². The van der Waals surface area contributed by atoms with Gasteiger partial charge in [0, 0.05) is 22.9 Å². The summed E-state index contributed by atoms with van der Waals surface area (Å²) in [6, 6.07) is 30.4. The number of phenolic OH excluding ortho intramolecular Hbond substituents is 1. The Morgan fingerprint density at radius 3 is 1.75 bits per heavy atom. The van der Waals surface area contributed by atoms with Crippen molar-refractivity contribution in [3.63, 3.8) is 0 Å². The third kappa shape index (κ3) is 6.01. The fourth-order valence-electron chi connectivity index (χ4n) is 7.12. The van der Waals surface area contributed by atoms with E-state index in [2.05, 4.69) is 177 Å². The van der Waals surface area contributed by atoms with Crippen molar-refractivity contribution in [3.05, 3.63) is 113 Å². The lowest BCUT2D eigenvalue weighted by Gasteiger charge is -2.28. The van der Waals surface area contributed by atoms with E-state index in [4.69, 9.17) is 9.97 Å². The van der Waals surface area contributed by atoms with E-state index in [-0.39, 0.29) is 21.7 Å². The summed E-state index contributed by atoms with van der Waals surface area (Å²) in [7, 11) is 0. The number of benzene rings is 4. The van der Waals surface area contributed by atoms with Gasteiger partial charge in [-0.3, -0.25) is 8.97 Å². The zero-order valence-corrected chi connectivity index (χ0v) is 32.4. The molecule has 0 atom stereocenters. The van der Waals surface area contributed by atoms with Gasteiger partial charge in [0.25, 0.3) is 0 Å². The van der Waals surface area contributed by atoms with Gasteiger partial charge in [-0.2, -0.15) is 0 Å². The largest absolute Gasteiger partial charge is 0.507 e. The lowest BCUT2D eigenvalue weighted by molar-refractivity contribution is 0.446. The van der Waals surface area contributed by atoms with Crippen molar-refractivity contribution in [1.29, 1.82) is 0 Å². The molecular formula is C46H52N4O. The fraction of sp³-hybridized carbons (Fsp3) is 0.348. The normalized spacial score (nSPS) is 13.2. The molecule has 0 bridgehead atoms. The monoisotopic (exact) mass is 676 g/mol. The van der Waals surface area contributed by atoms with Crippen molar-refractivity contribution < 1.29 is 5.11 Å². The number of fused-ring (bicyclic) bond motifs is 5. The number of phenols is 1. The lowest BCUT2D eigenvalue weighted by atomic mass is 9.77. The van der Waals surface area contributed by atoms with Crippen LogP contribution in [0.4, 0.5) is 0 Å². The van der Waals surface area contributed by atoms with Crippen LogP contribution in [0.1, 0.15) is 105 Å². The SMILES string of the molecule is CC(C)(C)c1cc(-c2cc(C(C)(C)C)cc(C(C)(C)C)c2O)cc(-c2cccc3c2nc2n(-c4cc(C(C)(C)C)ccn4)c4ccccc4n32)c1. The molecule has 51 heavy (non-hydrogen) atoms. The zero-order valence-electron chi connectivity index (χ0n) is 32.4. The second-order valence-corrected chi connectivity index (χ2v) is 18.4. The van der Waals surface area contributed by atoms with Gasteiger partial charge < -0.3 is 5.11 Å². The number of rotatable bonds is 3. The Kier molecular flexibility index (Phi) is 7.83. The minimum Gasteiger partial charge on any atom is -0.507 e. The number of pyridine rings is 1. The van der Waals surface area contributed by atoms with Gasteiger partial charge in [-0.1, -0.05) is 126 Å². The highest BCUT2D eigenvalue weighted by Gasteiger charge is 2.27. The molecule has 0 amide bonds. The molecule has 0 saturated heterocycles. The van der Waals surface area contributed by atoms with E-state index in [0.717, 1.165) is 61.5 Å². The second kappa shape index (κ2) is 11.6. The Hall–Kier alpha value is -4.90. The van der Waals surface area contributed by atoms with Crippen molar-refractivity contribution in [2.45, 2.75) is 105 Å². The quantitative estimate of drug-likeness (QED) is 0.203. The Morgan fingerprint density at radius 2 is 1.12 bits per heavy atom. The molecule has 0 spiro atoms. The van der Waals surface area contributed by atoms with Gasteiger partial charge in [-0.05, 0) is 91.9 Å². The number of imidazole rings is 2. The molecule has 0 aliphatic carbocycles. The van der Waals surface area contributed by atoms with Crippen LogP contribution in [-0.4, -0.2) is 24.0 Å². The average Bonchev–Trinajstić information content (AvgIpc) is 3.57. The predicted molar refractivity (Wildman–Crippen MR) is 215 cm³/mol. The van der Waals surface area contributed by atoms with Gasteiger partial charge in [0.15, 0.2) is 0 Å². The van der Waals surface area contributed by atoms with Crippen LogP contribution in [0.5, 0.6) is 5.75 Å². The molecule has 5 heteroatoms. The van der Waals surface area contributed by atoms with Gasteiger partial charge in [0.05, 0.1) is 22.1 Å². The van der Waals surface area contributed by atoms with Crippen LogP contribution in [-0.2, 0) is 21.7 Å². The van der Waals surface area contributed by atoms with E-state index >= 15 is 0 Å². The van der Waals surface area contributed by atoms with Crippen LogP contribution < -0.4 is 0 Å². The number of hydrogen-bond donors (Lipinski definition) is 1. The second-order valence-electron chi connectivity index (χ2n) is 18.4. The summed E-state index contributed by atoms with van der Waals surface area (Å²) >= 11 is 0. The average molecular weight is 677 g/mol. The van der Waals surface area contributed by atoms with Crippen LogP contribution in [0.3, 0.4) is 0 Å². The lowest BCUT2D eigenvalue weighted by Crippen LogP contribution is -2.17. The molecular weight excluding hydrogens is 625 g/mol. The minimum atomic E-state index is -0.226. The number of nitrogens with zero attached hydrogens (tertiary/aromatic N) is 4. The Bertz CT molecular complexity index is 2470. The molecule has 3 aromatic heterocycles. The first-order chi connectivity index (χ1) is 23.7. The van der Waals surface area contributed by atoms with E-state index in [1.165, 1.54) is 16.7 Å². The van der Waals surface area contributed by atoms with E-state index in [1.54, 1.807) is 0 Å². The molecule has 0 aliphatic heterocycles. The highest BCUT2D eigenvalue weighted by Crippen LogP contribution is 2.45. The number of para-hydroxylation sites is 3. The maximum Gasteiger partial charge on any atom is 0.221 e. The van der Waals surface area contributed by atoms with Gasteiger partial charge in [0.1, 0.15) is 11.6 Å². The summed E-state index contributed by atoms with van der Waals surface area (Å²) in [5.41, 5.74) is 12.2. The molecule has 0 saturated carbocycles. The Labute approximate surface area is 303 Å². The van der Waals surface area contributed by atoms with Crippen molar-refractivity contribution >= 4 is 27.8 Å². The van der Waals surface area contributed by atoms with Crippen LogP contribution >= 0.6 is 0 Å². The maximum atomic E-state index is 11.9. The van der Waals surface area contributed by atoms with Gasteiger partial charge in [-0.25, -0.2) is 9.97 Å². The van der Waals surface area contributed by atoms with E-state index in [0.29, 0.717) is 5.75 Å². The van der Waals surface area contributed by atoms with Crippen molar-refractivity contribution in [2.75, 3.05) is 0 Å². The van der Waals surface area contributed by atoms with Gasteiger partial charge in [-0.15, -0.1) is 0 Å². The molecule has 7 rings (SSSR count). The van der Waals surface area contributed by atoms with Gasteiger partial charge in [0.2, 0.25) is 5.78 Å². The highest BCUT2D eigenvalue weighted by molar-refractivity contribution is 5.99. The summed E-state index contributed by atoms with van der Waals surface area (Å²) < 4.78 is 4.46. The van der Waals surface area contributed by atoms with E-state index in [1.807, 2.05) is 6.20 Å². The zero-order chi connectivity index (χ0) is 36.8. The van der Waals surface area contributed by atoms with Gasteiger partial charge >= 0.3 is 0 Å². The molecule has 5 nitrogen and oxygen atoms in total. The van der Waals surface area contributed by atoms with Crippen LogP contribution in [0, 0.1) is 0 Å². The first kappa shape index (κ1) is 34.5. The first-order valence-corrected chi connectivity index (χ1v) is 18.2. The molecule has 262 valence electrons. The molecule has 0 unspecified atom stereocenters. The molecule has 0 aliphatic rings. The summed E-state index contributed by atoms with van der Waals surface area (Å²) in [4.78, 5) is 10.3. The van der Waals surface area contributed by atoms with Crippen molar-refractivity contribution in [3.8, 4) is 33.8 Å². The summed E-state index contributed by atoms with van der Waals surface area (Å²) in [6.45, 7) is 26.7. The smallest absolute Gasteiger partial charge is 0.221 e. The van der Waals surface area contributed by atoms with Crippen molar-refractivity contribution in [1.82, 2.24) is 18.9 Å². The predicted octanol–water partition coefficient (Wildman–Crippen LogP) is 12.1. The summed E-state index contributed by atoms with van der Waals surface area (Å²) in [6.07, 6.45) is 1.91. The Balaban J connectivity index is 1.52.